The third-order valence-corrected chi connectivity index (χ3v) is 2.49. The molecular formula is C12H21NO2. The van der Waals surface area contributed by atoms with E-state index in [-0.39, 0.29) is 12.2 Å². The zero-order valence-electron chi connectivity index (χ0n) is 9.95. The van der Waals surface area contributed by atoms with Crippen molar-refractivity contribution in [1.82, 2.24) is 4.90 Å². The van der Waals surface area contributed by atoms with Gasteiger partial charge in [-0.25, -0.2) is 4.79 Å². The van der Waals surface area contributed by atoms with Gasteiger partial charge in [-0.15, -0.1) is 0 Å². The summed E-state index contributed by atoms with van der Waals surface area (Å²) < 4.78 is 5.19. The molecule has 0 aromatic rings. The van der Waals surface area contributed by atoms with Crippen molar-refractivity contribution in [1.29, 1.82) is 0 Å². The SMILES string of the molecule is CC.CC1=CCN(C(=O)OC2CC2)CC1. The van der Waals surface area contributed by atoms with E-state index >= 15 is 0 Å². The third kappa shape index (κ3) is 3.94. The summed E-state index contributed by atoms with van der Waals surface area (Å²) in [5.41, 5.74) is 1.37. The van der Waals surface area contributed by atoms with Crippen molar-refractivity contribution in [3.63, 3.8) is 0 Å². The Morgan fingerprint density at radius 3 is 2.60 bits per heavy atom. The predicted octanol–water partition coefficient (Wildman–Crippen LogP) is 2.96. The third-order valence-electron chi connectivity index (χ3n) is 2.49. The van der Waals surface area contributed by atoms with Crippen molar-refractivity contribution in [2.45, 2.75) is 46.1 Å². The Morgan fingerprint density at radius 2 is 2.13 bits per heavy atom. The lowest BCUT2D eigenvalue weighted by molar-refractivity contribution is 0.0987. The van der Waals surface area contributed by atoms with Crippen LogP contribution in [0.15, 0.2) is 11.6 Å². The first-order valence-electron chi connectivity index (χ1n) is 5.87. The molecule has 0 N–H and O–H groups in total. The topological polar surface area (TPSA) is 29.5 Å². The second kappa shape index (κ2) is 5.79. The van der Waals surface area contributed by atoms with Crippen LogP contribution in [0.1, 0.15) is 40.0 Å². The Hall–Kier alpha value is -0.990. The Bertz CT molecular complexity index is 244. The van der Waals surface area contributed by atoms with E-state index in [4.69, 9.17) is 4.74 Å². The number of carbonyl (C=O) groups excluding carboxylic acids is 1. The first kappa shape index (κ1) is 12.1. The Morgan fingerprint density at radius 1 is 1.47 bits per heavy atom. The van der Waals surface area contributed by atoms with Gasteiger partial charge in [0.15, 0.2) is 0 Å². The molecule has 15 heavy (non-hydrogen) atoms. The van der Waals surface area contributed by atoms with Crippen molar-refractivity contribution in [2.24, 2.45) is 0 Å². The monoisotopic (exact) mass is 211 g/mol. The summed E-state index contributed by atoms with van der Waals surface area (Å²) in [7, 11) is 0. The van der Waals surface area contributed by atoms with Gasteiger partial charge in [-0.1, -0.05) is 25.5 Å². The van der Waals surface area contributed by atoms with E-state index in [1.807, 2.05) is 13.8 Å². The maximum absolute atomic E-state index is 11.4. The number of nitrogens with zero attached hydrogens (tertiary/aromatic N) is 1. The summed E-state index contributed by atoms with van der Waals surface area (Å²) in [6.07, 6.45) is 5.27. The molecule has 3 nitrogen and oxygen atoms in total. The minimum atomic E-state index is -0.133. The van der Waals surface area contributed by atoms with Gasteiger partial charge in [0.2, 0.25) is 0 Å². The first-order valence-corrected chi connectivity index (χ1v) is 5.87. The summed E-state index contributed by atoms with van der Waals surface area (Å²) in [6, 6.07) is 0. The highest BCUT2D eigenvalue weighted by Gasteiger charge is 2.28. The summed E-state index contributed by atoms with van der Waals surface area (Å²) in [4.78, 5) is 13.2. The molecule has 0 saturated heterocycles. The smallest absolute Gasteiger partial charge is 0.410 e. The van der Waals surface area contributed by atoms with Crippen LogP contribution in [0.5, 0.6) is 0 Å². The normalized spacial score (nSPS) is 19.9. The second-order valence-electron chi connectivity index (χ2n) is 3.83. The molecule has 0 bridgehead atoms. The van der Waals surface area contributed by atoms with Crippen LogP contribution >= 0.6 is 0 Å². The van der Waals surface area contributed by atoms with Gasteiger partial charge in [-0.2, -0.15) is 0 Å². The van der Waals surface area contributed by atoms with Crippen LogP contribution in [0.2, 0.25) is 0 Å². The van der Waals surface area contributed by atoms with Crippen molar-refractivity contribution < 1.29 is 9.53 Å². The lowest BCUT2D eigenvalue weighted by Crippen LogP contribution is -2.35. The Balaban J connectivity index is 0.000000531. The first-order chi connectivity index (χ1) is 7.25. The number of carbonyl (C=O) groups is 1. The molecule has 3 heteroatoms. The van der Waals surface area contributed by atoms with E-state index in [1.165, 1.54) is 5.57 Å². The standard InChI is InChI=1S/C10H15NO2.C2H6/c1-8-4-6-11(7-5-8)10(12)13-9-2-3-9;1-2/h4,9H,2-3,5-7H2,1H3;1-2H3. The van der Waals surface area contributed by atoms with Gasteiger partial charge >= 0.3 is 6.09 Å². The zero-order valence-corrected chi connectivity index (χ0v) is 9.95. The fourth-order valence-corrected chi connectivity index (χ4v) is 1.34. The van der Waals surface area contributed by atoms with Gasteiger partial charge in [0.1, 0.15) is 6.10 Å². The minimum Gasteiger partial charge on any atom is -0.446 e. The van der Waals surface area contributed by atoms with Crippen LogP contribution in [0, 0.1) is 0 Å². The fraction of sp³-hybridized carbons (Fsp3) is 0.750. The van der Waals surface area contributed by atoms with Gasteiger partial charge in [-0.3, -0.25) is 0 Å². The largest absolute Gasteiger partial charge is 0.446 e. The molecule has 1 fully saturated rings. The highest BCUT2D eigenvalue weighted by atomic mass is 16.6. The van der Waals surface area contributed by atoms with Gasteiger partial charge in [0.05, 0.1) is 0 Å². The number of hydrogen-bond acceptors (Lipinski definition) is 2. The molecule has 2 rings (SSSR count). The number of hydrogen-bond donors (Lipinski definition) is 0. The Labute approximate surface area is 92.1 Å². The molecule has 0 aromatic heterocycles. The minimum absolute atomic E-state index is 0.133. The van der Waals surface area contributed by atoms with Crippen LogP contribution in [0.3, 0.4) is 0 Å². The van der Waals surface area contributed by atoms with Crippen LogP contribution in [0.25, 0.3) is 0 Å². The molecule has 1 saturated carbocycles. The van der Waals surface area contributed by atoms with E-state index < -0.39 is 0 Å². The van der Waals surface area contributed by atoms with Gasteiger partial charge in [-0.05, 0) is 26.2 Å². The molecule has 2 aliphatic rings. The summed E-state index contributed by atoms with van der Waals surface area (Å²) >= 11 is 0. The van der Waals surface area contributed by atoms with Crippen molar-refractivity contribution in [3.8, 4) is 0 Å². The van der Waals surface area contributed by atoms with E-state index in [0.717, 1.165) is 32.4 Å². The highest BCUT2D eigenvalue weighted by molar-refractivity contribution is 5.68. The molecule has 0 spiro atoms. The lowest BCUT2D eigenvalue weighted by atomic mass is 10.1. The van der Waals surface area contributed by atoms with Crippen molar-refractivity contribution in [3.05, 3.63) is 11.6 Å². The molecule has 86 valence electrons. The molecule has 0 unspecified atom stereocenters. The molecule has 0 aromatic carbocycles. The quantitative estimate of drug-likeness (QED) is 0.624. The van der Waals surface area contributed by atoms with Gasteiger partial charge in [0, 0.05) is 13.1 Å². The van der Waals surface area contributed by atoms with Gasteiger partial charge < -0.3 is 9.64 Å². The Kier molecular flexibility index (Phi) is 4.66. The molecule has 1 aliphatic carbocycles. The van der Waals surface area contributed by atoms with Crippen LogP contribution in [0.4, 0.5) is 4.79 Å². The highest BCUT2D eigenvalue weighted by Crippen LogP contribution is 2.24. The summed E-state index contributed by atoms with van der Waals surface area (Å²) in [5, 5.41) is 0. The number of rotatable bonds is 1. The average Bonchev–Trinajstić information content (AvgIpc) is 3.06. The molecule has 0 radical (unpaired) electrons. The van der Waals surface area contributed by atoms with Gasteiger partial charge in [0.25, 0.3) is 0 Å². The maximum Gasteiger partial charge on any atom is 0.410 e. The second-order valence-corrected chi connectivity index (χ2v) is 3.83. The number of amides is 1. The van der Waals surface area contributed by atoms with E-state index in [1.54, 1.807) is 4.90 Å². The van der Waals surface area contributed by atoms with Crippen LogP contribution in [-0.4, -0.2) is 30.2 Å². The van der Waals surface area contributed by atoms with Crippen molar-refractivity contribution in [2.75, 3.05) is 13.1 Å². The summed E-state index contributed by atoms with van der Waals surface area (Å²) in [6.45, 7) is 7.63. The molecule has 1 amide bonds. The number of ether oxygens (including phenoxy) is 1. The van der Waals surface area contributed by atoms with Crippen LogP contribution < -0.4 is 0 Å². The van der Waals surface area contributed by atoms with Crippen LogP contribution in [-0.2, 0) is 4.74 Å². The predicted molar refractivity (Wildman–Crippen MR) is 60.8 cm³/mol. The zero-order chi connectivity index (χ0) is 11.3. The molecular weight excluding hydrogens is 190 g/mol. The maximum atomic E-state index is 11.4. The van der Waals surface area contributed by atoms with E-state index in [0.29, 0.717) is 0 Å². The molecule has 0 atom stereocenters. The van der Waals surface area contributed by atoms with Crippen molar-refractivity contribution >= 4 is 6.09 Å². The molecule has 1 heterocycles. The fourth-order valence-electron chi connectivity index (χ4n) is 1.34. The summed E-state index contributed by atoms with van der Waals surface area (Å²) in [5.74, 6) is 0. The van der Waals surface area contributed by atoms with E-state index in [2.05, 4.69) is 13.0 Å². The lowest BCUT2D eigenvalue weighted by Gasteiger charge is -2.24. The average molecular weight is 211 g/mol. The molecule has 1 aliphatic heterocycles. The van der Waals surface area contributed by atoms with E-state index in [9.17, 15) is 4.79 Å².